The lowest BCUT2D eigenvalue weighted by Gasteiger charge is -2.16. The van der Waals surface area contributed by atoms with Gasteiger partial charge in [0.25, 0.3) is 0 Å². The molecule has 27 heavy (non-hydrogen) atoms. The second-order valence-electron chi connectivity index (χ2n) is 6.84. The number of hydrogen-bond donors (Lipinski definition) is 3. The predicted octanol–water partition coefficient (Wildman–Crippen LogP) is 3.58. The minimum Gasteiger partial charge on any atom is -0.481 e. The summed E-state index contributed by atoms with van der Waals surface area (Å²) in [6, 6.07) is 0. The Kier molecular flexibility index (Phi) is 11.3. The van der Waals surface area contributed by atoms with Gasteiger partial charge in [-0.05, 0) is 32.1 Å². The first-order valence-electron chi connectivity index (χ1n) is 9.69. The van der Waals surface area contributed by atoms with Crippen LogP contribution < -0.4 is 0 Å². The molecular formula is C22H32O5. The van der Waals surface area contributed by atoms with E-state index in [9.17, 15) is 19.8 Å². The number of rotatable bonds is 12. The first-order chi connectivity index (χ1) is 13.0. The Balaban J connectivity index is 2.22. The van der Waals surface area contributed by atoms with Crippen molar-refractivity contribution in [1.82, 2.24) is 0 Å². The van der Waals surface area contributed by atoms with Crippen LogP contribution in [0.25, 0.3) is 0 Å². The number of hydrogen-bond acceptors (Lipinski definition) is 4. The number of Topliss-reactive ketones (excluding diaryl/α,β-unsaturated/α-hetero) is 1. The van der Waals surface area contributed by atoms with Crippen molar-refractivity contribution in [3.63, 3.8) is 0 Å². The molecule has 0 spiro atoms. The first-order valence-corrected chi connectivity index (χ1v) is 9.69. The van der Waals surface area contributed by atoms with Gasteiger partial charge in [-0.25, -0.2) is 0 Å². The third-order valence-corrected chi connectivity index (χ3v) is 4.67. The Bertz CT molecular complexity index is 573. The minimum absolute atomic E-state index is 0.109. The molecule has 0 aromatic carbocycles. The van der Waals surface area contributed by atoms with E-state index >= 15 is 0 Å². The van der Waals surface area contributed by atoms with E-state index in [0.29, 0.717) is 19.3 Å². The Morgan fingerprint density at radius 2 is 1.78 bits per heavy atom. The summed E-state index contributed by atoms with van der Waals surface area (Å²) in [4.78, 5) is 22.1. The third kappa shape index (κ3) is 9.50. The molecule has 150 valence electrons. The normalized spacial score (nSPS) is 24.9. The fraction of sp³-hybridized carbons (Fsp3) is 0.545. The van der Waals surface area contributed by atoms with Gasteiger partial charge < -0.3 is 15.3 Å². The quantitative estimate of drug-likeness (QED) is 0.453. The van der Waals surface area contributed by atoms with Crippen LogP contribution in [0.3, 0.4) is 0 Å². The molecule has 1 rings (SSSR count). The summed E-state index contributed by atoms with van der Waals surface area (Å²) in [5.41, 5.74) is 0. The van der Waals surface area contributed by atoms with Crippen molar-refractivity contribution in [3.8, 4) is 0 Å². The average Bonchev–Trinajstić information content (AvgIpc) is 2.90. The summed E-state index contributed by atoms with van der Waals surface area (Å²) in [6.07, 6.45) is 17.6. The Hall–Kier alpha value is -1.98. The molecule has 0 amide bonds. The topological polar surface area (TPSA) is 94.8 Å². The number of carboxylic acid groups (broad SMARTS) is 1. The summed E-state index contributed by atoms with van der Waals surface area (Å²) in [6.45, 7) is 1.94. The van der Waals surface area contributed by atoms with Gasteiger partial charge in [0.2, 0.25) is 0 Å². The molecule has 0 unspecified atom stereocenters. The largest absolute Gasteiger partial charge is 0.481 e. The minimum atomic E-state index is -0.782. The zero-order valence-corrected chi connectivity index (χ0v) is 16.0. The van der Waals surface area contributed by atoms with Crippen LogP contribution >= 0.6 is 0 Å². The Morgan fingerprint density at radius 3 is 2.41 bits per heavy atom. The highest BCUT2D eigenvalue weighted by Gasteiger charge is 2.38. The van der Waals surface area contributed by atoms with Crippen LogP contribution in [0.4, 0.5) is 0 Å². The second kappa shape index (κ2) is 13.2. The Labute approximate surface area is 161 Å². The Morgan fingerprint density at radius 1 is 1.15 bits per heavy atom. The molecule has 0 heterocycles. The smallest absolute Gasteiger partial charge is 0.303 e. The summed E-state index contributed by atoms with van der Waals surface area (Å²) in [5.74, 6) is -0.997. The van der Waals surface area contributed by atoms with Crippen LogP contribution in [0.5, 0.6) is 0 Å². The fourth-order valence-corrected chi connectivity index (χ4v) is 3.18. The van der Waals surface area contributed by atoms with Gasteiger partial charge >= 0.3 is 5.97 Å². The van der Waals surface area contributed by atoms with Crippen molar-refractivity contribution in [2.75, 3.05) is 0 Å². The van der Waals surface area contributed by atoms with Crippen molar-refractivity contribution >= 4 is 11.8 Å². The number of allylic oxidation sites excluding steroid dienone is 5. The predicted molar refractivity (Wildman–Crippen MR) is 106 cm³/mol. The van der Waals surface area contributed by atoms with Gasteiger partial charge in [0, 0.05) is 24.7 Å². The molecule has 1 saturated carbocycles. The molecule has 1 aliphatic rings. The van der Waals surface area contributed by atoms with Crippen LogP contribution in [-0.2, 0) is 9.59 Å². The highest BCUT2D eigenvalue weighted by molar-refractivity contribution is 5.84. The number of aliphatic hydroxyl groups is 2. The van der Waals surface area contributed by atoms with E-state index in [0.717, 1.165) is 12.8 Å². The van der Waals surface area contributed by atoms with Crippen molar-refractivity contribution in [2.24, 2.45) is 11.8 Å². The molecule has 0 aromatic rings. The summed E-state index contributed by atoms with van der Waals surface area (Å²) >= 11 is 0. The van der Waals surface area contributed by atoms with Gasteiger partial charge in [-0.1, -0.05) is 55.5 Å². The van der Waals surface area contributed by atoms with Crippen LogP contribution in [0.2, 0.25) is 0 Å². The van der Waals surface area contributed by atoms with Crippen molar-refractivity contribution in [1.29, 1.82) is 0 Å². The molecule has 0 radical (unpaired) electrons. The standard InChI is InChI=1S/C22H32O5/c1-2-18-19(21(25)16-20(18)24)15-14-17(23)12-10-8-6-4-3-5-7-9-11-13-22(26)27/h3-4,7-10,14-15,17-19,21,23,25H,2,5-6,11-13,16H2,1H3,(H,26,27)/b4-3-,9-7-,10-8-,15-14+/t17-,18+,19-,21+/m1/s1. The van der Waals surface area contributed by atoms with Crippen LogP contribution in [0, 0.1) is 11.8 Å². The number of aliphatic hydroxyl groups excluding tert-OH is 2. The maximum atomic E-state index is 11.8. The van der Waals surface area contributed by atoms with Crippen molar-refractivity contribution in [2.45, 2.75) is 64.1 Å². The lowest BCUT2D eigenvalue weighted by atomic mass is 9.91. The number of carbonyl (C=O) groups is 2. The summed E-state index contributed by atoms with van der Waals surface area (Å²) in [5, 5.41) is 28.5. The van der Waals surface area contributed by atoms with E-state index in [-0.39, 0.29) is 30.5 Å². The van der Waals surface area contributed by atoms with Crippen LogP contribution in [-0.4, -0.2) is 39.3 Å². The molecule has 4 atom stereocenters. The van der Waals surface area contributed by atoms with Crippen LogP contribution in [0.15, 0.2) is 48.6 Å². The number of carboxylic acids is 1. The zero-order valence-electron chi connectivity index (χ0n) is 16.0. The molecule has 5 nitrogen and oxygen atoms in total. The fourth-order valence-electron chi connectivity index (χ4n) is 3.18. The highest BCUT2D eigenvalue weighted by Crippen LogP contribution is 2.32. The van der Waals surface area contributed by atoms with E-state index in [1.54, 1.807) is 12.2 Å². The number of ketones is 1. The van der Waals surface area contributed by atoms with Crippen LogP contribution in [0.1, 0.15) is 51.9 Å². The van der Waals surface area contributed by atoms with Gasteiger partial charge in [0.05, 0.1) is 12.2 Å². The molecule has 3 N–H and O–H groups in total. The monoisotopic (exact) mass is 376 g/mol. The molecule has 5 heteroatoms. The van der Waals surface area contributed by atoms with Gasteiger partial charge in [-0.3, -0.25) is 9.59 Å². The summed E-state index contributed by atoms with van der Waals surface area (Å²) in [7, 11) is 0. The third-order valence-electron chi connectivity index (χ3n) is 4.67. The maximum absolute atomic E-state index is 11.8. The SMILES string of the molecule is CC[C@@H]1C(=O)C[C@H](O)[C@@H]1/C=C/[C@H](O)C/C=C\C/C=C\C/C=C\CCC(=O)O. The van der Waals surface area contributed by atoms with Crippen molar-refractivity contribution < 1.29 is 24.9 Å². The average molecular weight is 376 g/mol. The summed E-state index contributed by atoms with van der Waals surface area (Å²) < 4.78 is 0. The molecular weight excluding hydrogens is 344 g/mol. The molecule has 0 saturated heterocycles. The van der Waals surface area contributed by atoms with E-state index in [1.165, 1.54) is 0 Å². The van der Waals surface area contributed by atoms with E-state index in [4.69, 9.17) is 5.11 Å². The molecule has 0 bridgehead atoms. The lowest BCUT2D eigenvalue weighted by Crippen LogP contribution is -2.18. The lowest BCUT2D eigenvalue weighted by molar-refractivity contribution is -0.136. The van der Waals surface area contributed by atoms with Crippen molar-refractivity contribution in [3.05, 3.63) is 48.6 Å². The molecule has 1 aliphatic carbocycles. The second-order valence-corrected chi connectivity index (χ2v) is 6.84. The maximum Gasteiger partial charge on any atom is 0.303 e. The van der Waals surface area contributed by atoms with Gasteiger partial charge in [-0.15, -0.1) is 0 Å². The molecule has 0 aliphatic heterocycles. The van der Waals surface area contributed by atoms with Gasteiger partial charge in [0.1, 0.15) is 5.78 Å². The molecule has 0 aromatic heterocycles. The van der Waals surface area contributed by atoms with E-state index in [2.05, 4.69) is 0 Å². The highest BCUT2D eigenvalue weighted by atomic mass is 16.4. The zero-order chi connectivity index (χ0) is 20.1. The molecule has 1 fully saturated rings. The number of aliphatic carboxylic acids is 1. The van der Waals surface area contributed by atoms with Gasteiger partial charge in [-0.2, -0.15) is 0 Å². The van der Waals surface area contributed by atoms with Gasteiger partial charge in [0.15, 0.2) is 0 Å². The van der Waals surface area contributed by atoms with E-state index < -0.39 is 18.2 Å². The van der Waals surface area contributed by atoms with E-state index in [1.807, 2.05) is 43.4 Å². The number of carbonyl (C=O) groups excluding carboxylic acids is 1. The first kappa shape index (κ1) is 23.1.